The van der Waals surface area contributed by atoms with Gasteiger partial charge in [0.2, 0.25) is 0 Å². The normalized spacial score (nSPS) is 10.9. The topological polar surface area (TPSA) is 4.93 Å². The summed E-state index contributed by atoms with van der Waals surface area (Å²) in [5.74, 6) is 0. The molecule has 8 aromatic carbocycles. The van der Waals surface area contributed by atoms with Crippen LogP contribution in [0.15, 0.2) is 176 Å². The van der Waals surface area contributed by atoms with Gasteiger partial charge in [0, 0.05) is 21.8 Å². The Bertz CT molecular complexity index is 2540. The highest BCUT2D eigenvalue weighted by molar-refractivity contribution is 6.32. The molecule has 1 heterocycles. The first-order chi connectivity index (χ1) is 25.2. The van der Waals surface area contributed by atoms with Crippen LogP contribution in [0.25, 0.3) is 71.3 Å². The first kappa shape index (κ1) is 33.6. The Hall–Kier alpha value is -5.92. The largest absolute Gasteiger partial charge is 0.309 e. The van der Waals surface area contributed by atoms with E-state index in [0.29, 0.717) is 0 Å². The van der Waals surface area contributed by atoms with Crippen LogP contribution in [-0.2, 0) is 6.42 Å². The van der Waals surface area contributed by atoms with Gasteiger partial charge in [-0.3, -0.25) is 0 Å². The smallest absolute Gasteiger partial charge is 0.0625 e. The molecule has 0 saturated carbocycles. The van der Waals surface area contributed by atoms with Crippen LogP contribution in [-0.4, -0.2) is 4.57 Å². The lowest BCUT2D eigenvalue weighted by Gasteiger charge is -2.13. The summed E-state index contributed by atoms with van der Waals surface area (Å²) in [6.07, 6.45) is 2.45. The van der Waals surface area contributed by atoms with Gasteiger partial charge in [-0.05, 0) is 81.6 Å². The number of aromatic nitrogens is 1. The summed E-state index contributed by atoms with van der Waals surface area (Å²) in [6, 6.07) is 63.7. The van der Waals surface area contributed by atoms with E-state index in [2.05, 4.69) is 194 Å². The van der Waals surface area contributed by atoms with Crippen molar-refractivity contribution in [1.82, 2.24) is 4.57 Å². The van der Waals surface area contributed by atoms with E-state index in [1.165, 1.54) is 95.3 Å². The highest BCUT2D eigenvalue weighted by atomic mass is 15.0. The molecular formula is C50H45N. The van der Waals surface area contributed by atoms with Crippen LogP contribution >= 0.6 is 0 Å². The minimum Gasteiger partial charge on any atom is -0.309 e. The number of fused-ring (bicyclic) bond motifs is 8. The van der Waals surface area contributed by atoms with Crippen LogP contribution in [0.4, 0.5) is 0 Å². The molecule has 0 spiro atoms. The van der Waals surface area contributed by atoms with Gasteiger partial charge in [-0.25, -0.2) is 0 Å². The fourth-order valence-corrected chi connectivity index (χ4v) is 7.26. The van der Waals surface area contributed by atoms with Crippen LogP contribution in [0.1, 0.15) is 38.3 Å². The number of benzene rings is 8. The van der Waals surface area contributed by atoms with Crippen molar-refractivity contribution in [2.45, 2.75) is 40.5 Å². The van der Waals surface area contributed by atoms with Crippen molar-refractivity contribution >= 4 is 43.4 Å². The van der Waals surface area contributed by atoms with Gasteiger partial charge in [0.1, 0.15) is 0 Å². The maximum Gasteiger partial charge on any atom is 0.0625 e. The SMILES string of the molecule is CC.CCCc1ccccc1.Cc1ccc(-c2ccc3c(c2)c2c4ccccc4c4ccccc4c2n3-c2cccc(-c3ccccc3)c2)cc1. The Morgan fingerprint density at radius 2 is 0.961 bits per heavy atom. The Balaban J connectivity index is 0.000000321. The number of hydrogen-bond acceptors (Lipinski definition) is 0. The molecule has 0 N–H and O–H groups in total. The lowest BCUT2D eigenvalue weighted by atomic mass is 9.95. The fraction of sp³-hybridized carbons (Fsp3) is 0.120. The molecule has 1 nitrogen and oxygen atoms in total. The van der Waals surface area contributed by atoms with Gasteiger partial charge in [0.15, 0.2) is 0 Å². The molecule has 0 fully saturated rings. The second-order valence-electron chi connectivity index (χ2n) is 12.9. The molecule has 0 amide bonds. The third-order valence-corrected chi connectivity index (χ3v) is 9.61. The van der Waals surface area contributed by atoms with E-state index in [-0.39, 0.29) is 0 Å². The Morgan fingerprint density at radius 3 is 1.65 bits per heavy atom. The zero-order valence-corrected chi connectivity index (χ0v) is 30.1. The van der Waals surface area contributed by atoms with Crippen molar-refractivity contribution < 1.29 is 0 Å². The number of rotatable bonds is 5. The van der Waals surface area contributed by atoms with Crippen LogP contribution in [0, 0.1) is 6.92 Å². The van der Waals surface area contributed by atoms with E-state index in [0.717, 1.165) is 0 Å². The number of nitrogens with zero attached hydrogens (tertiary/aromatic N) is 1. The predicted octanol–water partition coefficient (Wildman–Crippen LogP) is 14.4. The molecular weight excluding hydrogens is 615 g/mol. The van der Waals surface area contributed by atoms with Gasteiger partial charge in [-0.15, -0.1) is 0 Å². The average Bonchev–Trinajstić information content (AvgIpc) is 3.55. The average molecular weight is 660 g/mol. The van der Waals surface area contributed by atoms with Crippen LogP contribution in [0.3, 0.4) is 0 Å². The summed E-state index contributed by atoms with van der Waals surface area (Å²) in [5.41, 5.74) is 11.3. The number of hydrogen-bond donors (Lipinski definition) is 0. The van der Waals surface area contributed by atoms with Crippen LogP contribution in [0.2, 0.25) is 0 Å². The van der Waals surface area contributed by atoms with Crippen molar-refractivity contribution in [3.8, 4) is 27.9 Å². The summed E-state index contributed by atoms with van der Waals surface area (Å²) in [6.45, 7) is 8.34. The second-order valence-corrected chi connectivity index (χ2v) is 12.9. The van der Waals surface area contributed by atoms with E-state index in [1.807, 2.05) is 13.8 Å². The lowest BCUT2D eigenvalue weighted by molar-refractivity contribution is 0.922. The molecule has 9 aromatic rings. The Kier molecular flexibility index (Phi) is 10.1. The quantitative estimate of drug-likeness (QED) is 0.162. The predicted molar refractivity (Wildman–Crippen MR) is 223 cm³/mol. The molecule has 1 heteroatoms. The van der Waals surface area contributed by atoms with Gasteiger partial charge < -0.3 is 4.57 Å². The molecule has 0 aliphatic heterocycles. The van der Waals surface area contributed by atoms with Gasteiger partial charge in [0.05, 0.1) is 11.0 Å². The first-order valence-electron chi connectivity index (χ1n) is 18.3. The molecule has 0 bridgehead atoms. The summed E-state index contributed by atoms with van der Waals surface area (Å²) in [7, 11) is 0. The van der Waals surface area contributed by atoms with Crippen molar-refractivity contribution in [1.29, 1.82) is 0 Å². The molecule has 0 radical (unpaired) electrons. The summed E-state index contributed by atoms with van der Waals surface area (Å²) < 4.78 is 2.48. The molecule has 250 valence electrons. The third-order valence-electron chi connectivity index (χ3n) is 9.61. The van der Waals surface area contributed by atoms with E-state index >= 15 is 0 Å². The van der Waals surface area contributed by atoms with Crippen molar-refractivity contribution in [2.24, 2.45) is 0 Å². The standard InChI is InChI=1S/C39H27N.C9H12.C2H6/c1-26-18-20-28(21-19-26)30-22-23-37-36(25-30)38-34-16-7-5-14-32(34)33-15-6-8-17-35(33)39(38)40(37)31-13-9-12-29(24-31)27-10-3-2-4-11-27;1-2-6-9-7-4-3-5-8-9;1-2/h2-25H,1H3;3-5,7-8H,2,6H2,1H3;1-2H3. The van der Waals surface area contributed by atoms with Crippen molar-refractivity contribution in [2.75, 3.05) is 0 Å². The zero-order valence-electron chi connectivity index (χ0n) is 30.1. The molecule has 1 aromatic heterocycles. The maximum atomic E-state index is 2.48. The monoisotopic (exact) mass is 659 g/mol. The number of aryl methyl sites for hydroxylation is 2. The minimum atomic E-state index is 1.17. The lowest BCUT2D eigenvalue weighted by Crippen LogP contribution is -1.95. The van der Waals surface area contributed by atoms with Crippen molar-refractivity contribution in [3.05, 3.63) is 187 Å². The highest BCUT2D eigenvalue weighted by Crippen LogP contribution is 2.43. The zero-order chi connectivity index (χ0) is 35.2. The van der Waals surface area contributed by atoms with E-state index in [4.69, 9.17) is 0 Å². The third kappa shape index (κ3) is 6.68. The van der Waals surface area contributed by atoms with Crippen molar-refractivity contribution in [3.63, 3.8) is 0 Å². The van der Waals surface area contributed by atoms with Gasteiger partial charge in [0.25, 0.3) is 0 Å². The second kappa shape index (κ2) is 15.3. The van der Waals surface area contributed by atoms with Gasteiger partial charge in [-0.2, -0.15) is 0 Å². The van der Waals surface area contributed by atoms with E-state index in [9.17, 15) is 0 Å². The highest BCUT2D eigenvalue weighted by Gasteiger charge is 2.19. The summed E-state index contributed by atoms with van der Waals surface area (Å²) in [5, 5.41) is 7.73. The Labute approximate surface area is 302 Å². The van der Waals surface area contributed by atoms with Crippen LogP contribution < -0.4 is 0 Å². The maximum absolute atomic E-state index is 2.48. The Morgan fingerprint density at radius 1 is 0.431 bits per heavy atom. The minimum absolute atomic E-state index is 1.17. The summed E-state index contributed by atoms with van der Waals surface area (Å²) >= 11 is 0. The molecule has 0 aliphatic rings. The van der Waals surface area contributed by atoms with Gasteiger partial charge in [-0.1, -0.05) is 184 Å². The first-order valence-corrected chi connectivity index (χ1v) is 18.3. The summed E-state index contributed by atoms with van der Waals surface area (Å²) in [4.78, 5) is 0. The molecule has 0 saturated heterocycles. The fourth-order valence-electron chi connectivity index (χ4n) is 7.26. The molecule has 0 aliphatic carbocycles. The molecule has 9 rings (SSSR count). The molecule has 51 heavy (non-hydrogen) atoms. The van der Waals surface area contributed by atoms with Crippen LogP contribution in [0.5, 0.6) is 0 Å². The van der Waals surface area contributed by atoms with E-state index < -0.39 is 0 Å². The molecule has 0 unspecified atom stereocenters. The van der Waals surface area contributed by atoms with E-state index in [1.54, 1.807) is 0 Å². The molecule has 0 atom stereocenters. The van der Waals surface area contributed by atoms with Gasteiger partial charge >= 0.3 is 0 Å².